The second-order valence-corrected chi connectivity index (χ2v) is 8.98. The number of ether oxygens (including phenoxy) is 1. The molecule has 1 heterocycles. The van der Waals surface area contributed by atoms with E-state index in [2.05, 4.69) is 17.1 Å². The Balaban J connectivity index is 1.30. The highest BCUT2D eigenvalue weighted by Crippen LogP contribution is 2.26. The van der Waals surface area contributed by atoms with E-state index in [1.165, 1.54) is 82.8 Å². The second-order valence-electron chi connectivity index (χ2n) is 8.98. The highest BCUT2D eigenvalue weighted by atomic mass is 16.6. The first kappa shape index (κ1) is 26.4. The van der Waals surface area contributed by atoms with Gasteiger partial charge in [0.1, 0.15) is 5.75 Å². The Hall–Kier alpha value is -3.22. The van der Waals surface area contributed by atoms with Crippen molar-refractivity contribution in [3.63, 3.8) is 0 Å². The summed E-state index contributed by atoms with van der Waals surface area (Å²) in [6.45, 7) is 2.99. The summed E-state index contributed by atoms with van der Waals surface area (Å²) in [5.74, 6) is 1.54. The Bertz CT molecular complexity index is 1000. The minimum atomic E-state index is -0.440. The van der Waals surface area contributed by atoms with E-state index in [4.69, 9.17) is 9.15 Å². The number of nitro benzene ring substituents is 1. The summed E-state index contributed by atoms with van der Waals surface area (Å²) in [6.07, 6.45) is 15.9. The van der Waals surface area contributed by atoms with Crippen LogP contribution in [0.3, 0.4) is 0 Å². The fourth-order valence-corrected chi connectivity index (χ4v) is 4.01. The maximum Gasteiger partial charge on any atom is 0.269 e. The van der Waals surface area contributed by atoms with Gasteiger partial charge in [-0.25, -0.2) is 0 Å². The molecule has 188 valence electrons. The number of hydrogen-bond acceptors (Lipinski definition) is 6. The van der Waals surface area contributed by atoms with Gasteiger partial charge in [0.25, 0.3) is 5.69 Å². The van der Waals surface area contributed by atoms with Crippen molar-refractivity contribution in [1.82, 2.24) is 10.2 Å². The Labute approximate surface area is 208 Å². The predicted octanol–water partition coefficient (Wildman–Crippen LogP) is 8.39. The molecular weight excluding hydrogens is 442 g/mol. The van der Waals surface area contributed by atoms with Crippen molar-refractivity contribution in [2.24, 2.45) is 0 Å². The molecule has 0 aliphatic carbocycles. The quantitative estimate of drug-likeness (QED) is 0.110. The fourth-order valence-electron chi connectivity index (χ4n) is 4.01. The zero-order valence-electron chi connectivity index (χ0n) is 20.8. The number of non-ortho nitro benzene ring substituents is 1. The van der Waals surface area contributed by atoms with Crippen LogP contribution < -0.4 is 4.74 Å². The fraction of sp³-hybridized carbons (Fsp3) is 0.500. The first-order valence-corrected chi connectivity index (χ1v) is 13.0. The number of unbranched alkanes of at least 4 members (excludes halogenated alkanes) is 11. The maximum atomic E-state index is 10.8. The van der Waals surface area contributed by atoms with Crippen molar-refractivity contribution in [3.8, 4) is 28.7 Å². The summed E-state index contributed by atoms with van der Waals surface area (Å²) in [7, 11) is 0. The molecule has 0 saturated heterocycles. The van der Waals surface area contributed by atoms with E-state index < -0.39 is 4.92 Å². The van der Waals surface area contributed by atoms with Crippen molar-refractivity contribution < 1.29 is 14.1 Å². The van der Waals surface area contributed by atoms with E-state index in [-0.39, 0.29) is 5.69 Å². The molecule has 0 N–H and O–H groups in total. The smallest absolute Gasteiger partial charge is 0.269 e. The van der Waals surface area contributed by atoms with Crippen LogP contribution in [-0.4, -0.2) is 21.7 Å². The standard InChI is InChI=1S/C28H37N3O4/c1-2-3-4-5-6-7-8-9-10-11-12-13-22-34-26-20-16-24(17-21-26)28-30-29-27(35-28)23-14-18-25(19-15-23)31(32)33/h14-21H,2-13,22H2,1H3. The Morgan fingerprint density at radius 3 is 1.66 bits per heavy atom. The van der Waals surface area contributed by atoms with Gasteiger partial charge in [0, 0.05) is 23.3 Å². The molecule has 0 unspecified atom stereocenters. The predicted molar refractivity (Wildman–Crippen MR) is 138 cm³/mol. The van der Waals surface area contributed by atoms with Gasteiger partial charge in [-0.15, -0.1) is 10.2 Å². The van der Waals surface area contributed by atoms with E-state index in [1.807, 2.05) is 24.3 Å². The molecule has 0 aliphatic rings. The lowest BCUT2D eigenvalue weighted by atomic mass is 10.1. The topological polar surface area (TPSA) is 91.3 Å². The van der Waals surface area contributed by atoms with Crippen molar-refractivity contribution in [3.05, 3.63) is 58.6 Å². The van der Waals surface area contributed by atoms with E-state index in [9.17, 15) is 10.1 Å². The van der Waals surface area contributed by atoms with Crippen LogP contribution in [0.15, 0.2) is 52.9 Å². The minimum Gasteiger partial charge on any atom is -0.494 e. The zero-order valence-corrected chi connectivity index (χ0v) is 20.8. The van der Waals surface area contributed by atoms with Crippen molar-refractivity contribution in [2.45, 2.75) is 84.0 Å². The molecule has 0 radical (unpaired) electrons. The zero-order chi connectivity index (χ0) is 24.7. The van der Waals surface area contributed by atoms with Gasteiger partial charge in [0.15, 0.2) is 0 Å². The summed E-state index contributed by atoms with van der Waals surface area (Å²) in [4.78, 5) is 10.4. The van der Waals surface area contributed by atoms with Crippen LogP contribution in [0.4, 0.5) is 5.69 Å². The third-order valence-corrected chi connectivity index (χ3v) is 6.12. The van der Waals surface area contributed by atoms with Gasteiger partial charge >= 0.3 is 0 Å². The van der Waals surface area contributed by atoms with Crippen molar-refractivity contribution >= 4 is 5.69 Å². The summed E-state index contributed by atoms with van der Waals surface area (Å²) in [5.41, 5.74) is 1.45. The van der Waals surface area contributed by atoms with Gasteiger partial charge in [-0.3, -0.25) is 10.1 Å². The molecule has 7 heteroatoms. The number of hydrogen-bond donors (Lipinski definition) is 0. The second kappa shape index (κ2) is 14.9. The van der Waals surface area contributed by atoms with Gasteiger partial charge in [-0.05, 0) is 42.8 Å². The number of nitro groups is 1. The average molecular weight is 480 g/mol. The van der Waals surface area contributed by atoms with Crippen molar-refractivity contribution in [2.75, 3.05) is 6.61 Å². The summed E-state index contributed by atoms with van der Waals surface area (Å²) in [6, 6.07) is 13.6. The SMILES string of the molecule is CCCCCCCCCCCCCCOc1ccc(-c2nnc(-c3ccc([N+](=O)[O-])cc3)o2)cc1. The van der Waals surface area contributed by atoms with E-state index in [0.717, 1.165) is 24.3 Å². The average Bonchev–Trinajstić information content (AvgIpc) is 3.38. The van der Waals surface area contributed by atoms with Crippen LogP contribution in [0, 0.1) is 10.1 Å². The lowest BCUT2D eigenvalue weighted by Gasteiger charge is -2.06. The summed E-state index contributed by atoms with van der Waals surface area (Å²) < 4.78 is 11.6. The normalized spacial score (nSPS) is 11.0. The lowest BCUT2D eigenvalue weighted by molar-refractivity contribution is -0.384. The highest BCUT2D eigenvalue weighted by molar-refractivity contribution is 5.59. The van der Waals surface area contributed by atoms with Gasteiger partial charge in [0.2, 0.25) is 11.8 Å². The molecule has 0 spiro atoms. The first-order valence-electron chi connectivity index (χ1n) is 13.0. The maximum absolute atomic E-state index is 10.8. The number of aromatic nitrogens is 2. The Morgan fingerprint density at radius 2 is 1.17 bits per heavy atom. The largest absolute Gasteiger partial charge is 0.494 e. The molecule has 0 amide bonds. The van der Waals surface area contributed by atoms with Crippen LogP contribution in [0.1, 0.15) is 84.0 Å². The third kappa shape index (κ3) is 9.15. The van der Waals surface area contributed by atoms with Crippen LogP contribution >= 0.6 is 0 Å². The first-order chi connectivity index (χ1) is 17.2. The highest BCUT2D eigenvalue weighted by Gasteiger charge is 2.12. The molecule has 0 saturated carbocycles. The Kier molecular flexibility index (Phi) is 11.2. The van der Waals surface area contributed by atoms with Gasteiger partial charge in [0.05, 0.1) is 11.5 Å². The molecule has 0 aliphatic heterocycles. The molecule has 7 nitrogen and oxygen atoms in total. The third-order valence-electron chi connectivity index (χ3n) is 6.12. The monoisotopic (exact) mass is 479 g/mol. The molecule has 3 rings (SSSR count). The minimum absolute atomic E-state index is 0.0209. The molecule has 1 aromatic heterocycles. The number of benzene rings is 2. The molecular formula is C28H37N3O4. The molecule has 3 aromatic rings. The number of nitrogens with zero attached hydrogens (tertiary/aromatic N) is 3. The van der Waals surface area contributed by atoms with Crippen LogP contribution in [0.25, 0.3) is 22.9 Å². The Morgan fingerprint density at radius 1 is 0.714 bits per heavy atom. The summed E-state index contributed by atoms with van der Waals surface area (Å²) >= 11 is 0. The molecule has 0 atom stereocenters. The van der Waals surface area contributed by atoms with Crippen LogP contribution in [0.2, 0.25) is 0 Å². The van der Waals surface area contributed by atoms with Gasteiger partial charge in [-0.1, -0.05) is 77.6 Å². The van der Waals surface area contributed by atoms with Crippen LogP contribution in [0.5, 0.6) is 5.75 Å². The van der Waals surface area contributed by atoms with E-state index >= 15 is 0 Å². The van der Waals surface area contributed by atoms with Gasteiger partial charge in [-0.2, -0.15) is 0 Å². The molecule has 35 heavy (non-hydrogen) atoms. The van der Waals surface area contributed by atoms with Crippen LogP contribution in [-0.2, 0) is 0 Å². The lowest BCUT2D eigenvalue weighted by Crippen LogP contribution is -1.97. The molecule has 0 bridgehead atoms. The van der Waals surface area contributed by atoms with E-state index in [0.29, 0.717) is 17.3 Å². The molecule has 0 fully saturated rings. The summed E-state index contributed by atoms with van der Waals surface area (Å²) in [5, 5.41) is 19.0. The molecule has 2 aromatic carbocycles. The number of rotatable bonds is 17. The van der Waals surface area contributed by atoms with Gasteiger partial charge < -0.3 is 9.15 Å². The van der Waals surface area contributed by atoms with E-state index in [1.54, 1.807) is 12.1 Å². The van der Waals surface area contributed by atoms with Crippen molar-refractivity contribution in [1.29, 1.82) is 0 Å².